The number of rotatable bonds is 1. The van der Waals surface area contributed by atoms with E-state index in [-0.39, 0.29) is 5.02 Å². The summed E-state index contributed by atoms with van der Waals surface area (Å²) in [5.74, 6) is 0.400. The minimum absolute atomic E-state index is 0.0396. The number of hydrogen-bond acceptors (Lipinski definition) is 3. The molecule has 5 heteroatoms. The van der Waals surface area contributed by atoms with Crippen molar-refractivity contribution in [2.45, 2.75) is 6.54 Å². The van der Waals surface area contributed by atoms with Crippen LogP contribution in [0.15, 0.2) is 36.4 Å². The molecule has 0 unspecified atom stereocenters. The van der Waals surface area contributed by atoms with E-state index < -0.39 is 5.82 Å². The van der Waals surface area contributed by atoms with Gasteiger partial charge in [-0.25, -0.2) is 4.39 Å². The SMILES string of the molecule is Nc1cc(Cl)c(F)cc1N1CCOc2ccccc2C1. The molecule has 3 nitrogen and oxygen atoms in total. The summed E-state index contributed by atoms with van der Waals surface area (Å²) in [4.78, 5) is 2.00. The molecule has 0 saturated carbocycles. The fraction of sp³-hybridized carbons (Fsp3) is 0.200. The van der Waals surface area contributed by atoms with E-state index in [4.69, 9.17) is 22.1 Å². The van der Waals surface area contributed by atoms with Crippen molar-refractivity contribution in [2.24, 2.45) is 0 Å². The van der Waals surface area contributed by atoms with E-state index in [9.17, 15) is 4.39 Å². The first kappa shape index (κ1) is 13.1. The normalized spacial score (nSPS) is 14.4. The van der Waals surface area contributed by atoms with E-state index in [1.165, 1.54) is 12.1 Å². The number of nitrogens with zero attached hydrogens (tertiary/aromatic N) is 1. The molecule has 2 N–H and O–H groups in total. The molecule has 1 aliphatic heterocycles. The first-order chi connectivity index (χ1) is 9.65. The Morgan fingerprint density at radius 1 is 1.25 bits per heavy atom. The maximum Gasteiger partial charge on any atom is 0.144 e. The molecule has 3 rings (SSSR count). The van der Waals surface area contributed by atoms with Gasteiger partial charge in [-0.2, -0.15) is 0 Å². The summed E-state index contributed by atoms with van der Waals surface area (Å²) in [5, 5.41) is 0.0396. The van der Waals surface area contributed by atoms with Crippen molar-refractivity contribution >= 4 is 23.0 Å². The van der Waals surface area contributed by atoms with Crippen LogP contribution in [0, 0.1) is 5.82 Å². The Hall–Kier alpha value is -1.94. The van der Waals surface area contributed by atoms with E-state index in [0.717, 1.165) is 11.3 Å². The zero-order valence-electron chi connectivity index (χ0n) is 10.8. The summed E-state index contributed by atoms with van der Waals surface area (Å²) in [6.07, 6.45) is 0. The Morgan fingerprint density at radius 3 is 2.90 bits per heavy atom. The lowest BCUT2D eigenvalue weighted by Gasteiger charge is -2.24. The molecule has 0 bridgehead atoms. The zero-order valence-corrected chi connectivity index (χ0v) is 11.5. The number of ether oxygens (including phenoxy) is 1. The number of nitrogens with two attached hydrogens (primary N) is 1. The highest BCUT2D eigenvalue weighted by molar-refractivity contribution is 6.31. The van der Waals surface area contributed by atoms with Crippen LogP contribution in [0.3, 0.4) is 0 Å². The predicted molar refractivity (Wildman–Crippen MR) is 78.8 cm³/mol. The van der Waals surface area contributed by atoms with E-state index >= 15 is 0 Å². The maximum atomic E-state index is 13.7. The van der Waals surface area contributed by atoms with Crippen molar-refractivity contribution in [3.05, 3.63) is 52.8 Å². The fourth-order valence-electron chi connectivity index (χ4n) is 2.36. The van der Waals surface area contributed by atoms with E-state index in [2.05, 4.69) is 0 Å². The van der Waals surface area contributed by atoms with Gasteiger partial charge in [-0.3, -0.25) is 0 Å². The van der Waals surface area contributed by atoms with Gasteiger partial charge in [0.25, 0.3) is 0 Å². The van der Waals surface area contributed by atoms with Gasteiger partial charge in [-0.1, -0.05) is 29.8 Å². The molecule has 0 amide bonds. The van der Waals surface area contributed by atoms with Crippen molar-refractivity contribution in [1.29, 1.82) is 0 Å². The largest absolute Gasteiger partial charge is 0.491 e. The molecule has 0 saturated heterocycles. The highest BCUT2D eigenvalue weighted by Gasteiger charge is 2.18. The number of halogens is 2. The Bertz CT molecular complexity index is 648. The van der Waals surface area contributed by atoms with Crippen LogP contribution in [0.5, 0.6) is 5.75 Å². The Balaban J connectivity index is 1.97. The van der Waals surface area contributed by atoms with Gasteiger partial charge in [0.1, 0.15) is 18.2 Å². The molecule has 2 aromatic rings. The topological polar surface area (TPSA) is 38.5 Å². The highest BCUT2D eigenvalue weighted by atomic mass is 35.5. The predicted octanol–water partition coefficient (Wildman–Crippen LogP) is 3.46. The van der Waals surface area contributed by atoms with Crippen molar-refractivity contribution in [3.63, 3.8) is 0 Å². The number of fused-ring (bicyclic) bond motifs is 1. The maximum absolute atomic E-state index is 13.7. The summed E-state index contributed by atoms with van der Waals surface area (Å²) >= 11 is 5.74. The van der Waals surface area contributed by atoms with Crippen LogP contribution >= 0.6 is 11.6 Å². The van der Waals surface area contributed by atoms with Crippen molar-refractivity contribution in [3.8, 4) is 5.75 Å². The van der Waals surface area contributed by atoms with Gasteiger partial charge in [-0.05, 0) is 12.1 Å². The number of anilines is 2. The molecule has 20 heavy (non-hydrogen) atoms. The minimum atomic E-state index is -0.464. The van der Waals surface area contributed by atoms with E-state index in [0.29, 0.717) is 31.1 Å². The van der Waals surface area contributed by atoms with Crippen LogP contribution in [-0.2, 0) is 6.54 Å². The first-order valence-corrected chi connectivity index (χ1v) is 6.73. The second-order valence-electron chi connectivity index (χ2n) is 4.70. The van der Waals surface area contributed by atoms with Gasteiger partial charge in [0.2, 0.25) is 0 Å². The average Bonchev–Trinajstić information content (AvgIpc) is 2.65. The quantitative estimate of drug-likeness (QED) is 0.818. The first-order valence-electron chi connectivity index (χ1n) is 6.35. The molecule has 0 atom stereocenters. The number of para-hydroxylation sites is 1. The van der Waals surface area contributed by atoms with Crippen molar-refractivity contribution in [2.75, 3.05) is 23.8 Å². The van der Waals surface area contributed by atoms with Gasteiger partial charge < -0.3 is 15.4 Å². The van der Waals surface area contributed by atoms with Crippen molar-refractivity contribution in [1.82, 2.24) is 0 Å². The third-order valence-corrected chi connectivity index (χ3v) is 3.65. The molecule has 2 aromatic carbocycles. The highest BCUT2D eigenvalue weighted by Crippen LogP contribution is 2.32. The third kappa shape index (κ3) is 2.39. The zero-order chi connectivity index (χ0) is 14.1. The Kier molecular flexibility index (Phi) is 3.40. The van der Waals surface area contributed by atoms with Crippen LogP contribution in [-0.4, -0.2) is 13.2 Å². The summed E-state index contributed by atoms with van der Waals surface area (Å²) < 4.78 is 19.4. The van der Waals surface area contributed by atoms with E-state index in [1.54, 1.807) is 0 Å². The molecule has 1 aliphatic rings. The van der Waals surface area contributed by atoms with Gasteiger partial charge in [0, 0.05) is 18.2 Å². The molecule has 0 radical (unpaired) electrons. The lowest BCUT2D eigenvalue weighted by molar-refractivity contribution is 0.331. The number of hydrogen-bond donors (Lipinski definition) is 1. The minimum Gasteiger partial charge on any atom is -0.491 e. The van der Waals surface area contributed by atoms with Crippen molar-refractivity contribution < 1.29 is 9.13 Å². The van der Waals surface area contributed by atoms with Crippen LogP contribution in [0.4, 0.5) is 15.8 Å². The molecule has 0 aromatic heterocycles. The van der Waals surface area contributed by atoms with E-state index in [1.807, 2.05) is 29.2 Å². The molecule has 104 valence electrons. The summed E-state index contributed by atoms with van der Waals surface area (Å²) in [5.41, 5.74) is 8.13. The smallest absolute Gasteiger partial charge is 0.144 e. The van der Waals surface area contributed by atoms with Gasteiger partial charge in [-0.15, -0.1) is 0 Å². The van der Waals surface area contributed by atoms with Crippen LogP contribution < -0.4 is 15.4 Å². The Morgan fingerprint density at radius 2 is 2.05 bits per heavy atom. The average molecular weight is 293 g/mol. The summed E-state index contributed by atoms with van der Waals surface area (Å²) in [7, 11) is 0. The third-order valence-electron chi connectivity index (χ3n) is 3.36. The van der Waals surface area contributed by atoms with Gasteiger partial charge in [0.05, 0.1) is 22.9 Å². The molecular weight excluding hydrogens is 279 g/mol. The standard InChI is InChI=1S/C15H14ClFN2O/c16-11-7-13(18)14(8-12(11)17)19-5-6-20-15-4-2-1-3-10(15)9-19/h1-4,7-8H,5-6,9,18H2. The monoisotopic (exact) mass is 292 g/mol. The number of nitrogen functional groups attached to an aromatic ring is 1. The Labute approximate surface area is 121 Å². The second-order valence-corrected chi connectivity index (χ2v) is 5.11. The van der Waals surface area contributed by atoms with Crippen LogP contribution in [0.1, 0.15) is 5.56 Å². The lowest BCUT2D eigenvalue weighted by atomic mass is 10.1. The molecule has 0 aliphatic carbocycles. The van der Waals surface area contributed by atoms with Gasteiger partial charge >= 0.3 is 0 Å². The summed E-state index contributed by atoms with van der Waals surface area (Å²) in [6, 6.07) is 10.7. The molecular formula is C15H14ClFN2O. The molecule has 0 spiro atoms. The molecule has 1 heterocycles. The van der Waals surface area contributed by atoms with Gasteiger partial charge in [0.15, 0.2) is 0 Å². The van der Waals surface area contributed by atoms with Crippen LogP contribution in [0.2, 0.25) is 5.02 Å². The fourth-order valence-corrected chi connectivity index (χ4v) is 2.53. The molecule has 0 fully saturated rings. The number of benzene rings is 2. The lowest BCUT2D eigenvalue weighted by Crippen LogP contribution is -2.26. The van der Waals surface area contributed by atoms with Crippen LogP contribution in [0.25, 0.3) is 0 Å². The summed E-state index contributed by atoms with van der Waals surface area (Å²) in [6.45, 7) is 1.79. The second kappa shape index (κ2) is 5.21.